The van der Waals surface area contributed by atoms with Crippen LogP contribution in [0.25, 0.3) is 10.8 Å². The highest BCUT2D eigenvalue weighted by molar-refractivity contribution is 5.85. The molecular weight excluding hydrogens is 246 g/mol. The lowest BCUT2D eigenvalue weighted by Gasteiger charge is -2.24. The molecule has 2 heteroatoms. The second-order valence-corrected chi connectivity index (χ2v) is 5.81. The van der Waals surface area contributed by atoms with Crippen LogP contribution in [0.15, 0.2) is 42.5 Å². The lowest BCUT2D eigenvalue weighted by molar-refractivity contribution is 0.0519. The Labute approximate surface area is 121 Å². The van der Waals surface area contributed by atoms with Gasteiger partial charge in [0, 0.05) is 6.42 Å². The first-order chi connectivity index (χ1) is 9.62. The van der Waals surface area contributed by atoms with Gasteiger partial charge in [-0.1, -0.05) is 49.4 Å². The second kappa shape index (κ2) is 6.87. The van der Waals surface area contributed by atoms with Crippen molar-refractivity contribution in [3.05, 3.63) is 48.0 Å². The van der Waals surface area contributed by atoms with Gasteiger partial charge in [-0.2, -0.15) is 0 Å². The minimum atomic E-state index is -0.662. The highest BCUT2D eigenvalue weighted by Gasteiger charge is 2.21. The number of fused-ring (bicyclic) bond motifs is 1. The first-order valence-electron chi connectivity index (χ1n) is 7.52. The van der Waals surface area contributed by atoms with Gasteiger partial charge in [0.1, 0.15) is 0 Å². The summed E-state index contributed by atoms with van der Waals surface area (Å²) in [4.78, 5) is 0. The third kappa shape index (κ3) is 4.06. The topological polar surface area (TPSA) is 32.3 Å². The van der Waals surface area contributed by atoms with E-state index in [0.717, 1.165) is 25.9 Å². The van der Waals surface area contributed by atoms with E-state index in [9.17, 15) is 5.11 Å². The largest absolute Gasteiger partial charge is 0.390 e. The first kappa shape index (κ1) is 15.0. The lowest BCUT2D eigenvalue weighted by Crippen LogP contribution is -2.32. The Kier molecular flexibility index (Phi) is 5.16. The fourth-order valence-corrected chi connectivity index (χ4v) is 2.60. The number of nitrogens with one attached hydrogen (secondary N) is 1. The normalized spacial score (nSPS) is 14.3. The monoisotopic (exact) mass is 271 g/mol. The van der Waals surface area contributed by atoms with Gasteiger partial charge in [-0.15, -0.1) is 0 Å². The summed E-state index contributed by atoms with van der Waals surface area (Å²) in [6.07, 6.45) is 2.60. The summed E-state index contributed by atoms with van der Waals surface area (Å²) in [6.45, 7) is 5.97. The van der Waals surface area contributed by atoms with Gasteiger partial charge in [-0.05, 0) is 49.2 Å². The van der Waals surface area contributed by atoms with Crippen LogP contribution < -0.4 is 5.32 Å². The van der Waals surface area contributed by atoms with Crippen molar-refractivity contribution in [1.82, 2.24) is 5.32 Å². The standard InChI is InChI=1S/C18H25NO/c1-3-12-19-13-11-18(2,20)14-16-9-6-8-15-7-4-5-10-17(15)16/h4-10,19-20H,3,11-14H2,1-2H3. The molecule has 20 heavy (non-hydrogen) atoms. The van der Waals surface area contributed by atoms with E-state index in [2.05, 4.69) is 54.7 Å². The van der Waals surface area contributed by atoms with E-state index in [1.165, 1.54) is 16.3 Å². The summed E-state index contributed by atoms with van der Waals surface area (Å²) in [5.74, 6) is 0. The van der Waals surface area contributed by atoms with E-state index >= 15 is 0 Å². The fraction of sp³-hybridized carbons (Fsp3) is 0.444. The predicted octanol–water partition coefficient (Wildman–Crippen LogP) is 3.52. The van der Waals surface area contributed by atoms with Crippen LogP contribution in [-0.2, 0) is 6.42 Å². The third-order valence-corrected chi connectivity index (χ3v) is 3.72. The van der Waals surface area contributed by atoms with Crippen LogP contribution in [-0.4, -0.2) is 23.8 Å². The van der Waals surface area contributed by atoms with Crippen molar-refractivity contribution >= 4 is 10.8 Å². The molecule has 1 atom stereocenters. The van der Waals surface area contributed by atoms with Gasteiger partial charge in [0.15, 0.2) is 0 Å². The maximum absolute atomic E-state index is 10.6. The quantitative estimate of drug-likeness (QED) is 0.755. The average molecular weight is 271 g/mol. The van der Waals surface area contributed by atoms with Crippen molar-refractivity contribution in [1.29, 1.82) is 0 Å². The molecular formula is C18H25NO. The van der Waals surface area contributed by atoms with Crippen LogP contribution in [0.3, 0.4) is 0 Å². The zero-order chi connectivity index (χ0) is 14.4. The number of hydrogen-bond acceptors (Lipinski definition) is 2. The second-order valence-electron chi connectivity index (χ2n) is 5.81. The molecule has 0 aliphatic carbocycles. The molecule has 0 bridgehead atoms. The van der Waals surface area contributed by atoms with Gasteiger partial charge in [-0.3, -0.25) is 0 Å². The maximum atomic E-state index is 10.6. The van der Waals surface area contributed by atoms with Gasteiger partial charge in [0.2, 0.25) is 0 Å². The summed E-state index contributed by atoms with van der Waals surface area (Å²) in [6, 6.07) is 14.7. The Bertz CT molecular complexity index is 543. The van der Waals surface area contributed by atoms with Crippen molar-refractivity contribution in [2.75, 3.05) is 13.1 Å². The zero-order valence-corrected chi connectivity index (χ0v) is 12.5. The fourth-order valence-electron chi connectivity index (χ4n) is 2.60. The molecule has 0 spiro atoms. The summed E-state index contributed by atoms with van der Waals surface area (Å²) >= 11 is 0. The molecule has 0 fully saturated rings. The molecule has 2 rings (SSSR count). The van der Waals surface area contributed by atoms with E-state index in [1.54, 1.807) is 0 Å². The van der Waals surface area contributed by atoms with Gasteiger partial charge >= 0.3 is 0 Å². The van der Waals surface area contributed by atoms with Crippen molar-refractivity contribution < 1.29 is 5.11 Å². The molecule has 2 N–H and O–H groups in total. The Morgan fingerprint density at radius 3 is 2.60 bits per heavy atom. The van der Waals surface area contributed by atoms with E-state index in [0.29, 0.717) is 6.42 Å². The van der Waals surface area contributed by atoms with E-state index < -0.39 is 5.60 Å². The van der Waals surface area contributed by atoms with Gasteiger partial charge in [0.25, 0.3) is 0 Å². The van der Waals surface area contributed by atoms with Gasteiger partial charge in [0.05, 0.1) is 5.60 Å². The van der Waals surface area contributed by atoms with Crippen LogP contribution in [0.1, 0.15) is 32.3 Å². The molecule has 0 amide bonds. The summed E-state index contributed by atoms with van der Waals surface area (Å²) < 4.78 is 0. The van der Waals surface area contributed by atoms with E-state index in [1.807, 2.05) is 6.92 Å². The molecule has 0 aromatic heterocycles. The van der Waals surface area contributed by atoms with Crippen molar-refractivity contribution in [2.24, 2.45) is 0 Å². The molecule has 0 radical (unpaired) electrons. The molecule has 0 saturated heterocycles. The number of benzene rings is 2. The maximum Gasteiger partial charge on any atom is 0.0672 e. The minimum absolute atomic E-state index is 0.662. The molecule has 2 nitrogen and oxygen atoms in total. The Balaban J connectivity index is 2.07. The number of aliphatic hydroxyl groups is 1. The molecule has 0 aliphatic rings. The molecule has 0 heterocycles. The van der Waals surface area contributed by atoms with E-state index in [-0.39, 0.29) is 0 Å². The first-order valence-corrected chi connectivity index (χ1v) is 7.52. The van der Waals surface area contributed by atoms with Crippen molar-refractivity contribution in [3.63, 3.8) is 0 Å². The molecule has 1 unspecified atom stereocenters. The van der Waals surface area contributed by atoms with Gasteiger partial charge in [-0.25, -0.2) is 0 Å². The SMILES string of the molecule is CCCNCCC(C)(O)Cc1cccc2ccccc12. The molecule has 0 aliphatic heterocycles. The number of rotatable bonds is 7. The molecule has 2 aromatic rings. The van der Waals surface area contributed by atoms with Crippen LogP contribution in [0.2, 0.25) is 0 Å². The average Bonchev–Trinajstić information content (AvgIpc) is 2.44. The Morgan fingerprint density at radius 2 is 1.80 bits per heavy atom. The smallest absolute Gasteiger partial charge is 0.0672 e. The van der Waals surface area contributed by atoms with Crippen LogP contribution in [0.4, 0.5) is 0 Å². The highest BCUT2D eigenvalue weighted by atomic mass is 16.3. The highest BCUT2D eigenvalue weighted by Crippen LogP contribution is 2.24. The molecule has 2 aromatic carbocycles. The zero-order valence-electron chi connectivity index (χ0n) is 12.5. The Morgan fingerprint density at radius 1 is 1.05 bits per heavy atom. The lowest BCUT2D eigenvalue weighted by atomic mass is 9.90. The summed E-state index contributed by atoms with van der Waals surface area (Å²) in [5.41, 5.74) is 0.564. The van der Waals surface area contributed by atoms with Crippen molar-refractivity contribution in [2.45, 2.75) is 38.7 Å². The molecule has 0 saturated carbocycles. The van der Waals surface area contributed by atoms with Crippen LogP contribution in [0.5, 0.6) is 0 Å². The third-order valence-electron chi connectivity index (χ3n) is 3.72. The van der Waals surface area contributed by atoms with Crippen molar-refractivity contribution in [3.8, 4) is 0 Å². The molecule has 108 valence electrons. The van der Waals surface area contributed by atoms with Gasteiger partial charge < -0.3 is 10.4 Å². The van der Waals surface area contributed by atoms with Crippen LogP contribution >= 0.6 is 0 Å². The Hall–Kier alpha value is -1.38. The summed E-state index contributed by atoms with van der Waals surface area (Å²) in [7, 11) is 0. The predicted molar refractivity (Wildman–Crippen MR) is 86.1 cm³/mol. The minimum Gasteiger partial charge on any atom is -0.390 e. The van der Waals surface area contributed by atoms with Crippen LogP contribution in [0, 0.1) is 0 Å². The van der Waals surface area contributed by atoms with E-state index in [4.69, 9.17) is 0 Å². The number of hydrogen-bond donors (Lipinski definition) is 2. The summed E-state index contributed by atoms with van der Waals surface area (Å²) in [5, 5.41) is 16.4.